The van der Waals surface area contributed by atoms with E-state index in [1.54, 1.807) is 22.7 Å². The molecule has 0 unspecified atom stereocenters. The zero-order valence-corrected chi connectivity index (χ0v) is 28.3. The van der Waals surface area contributed by atoms with Gasteiger partial charge in [0.05, 0.1) is 40.9 Å². The van der Waals surface area contributed by atoms with Crippen LogP contribution in [0.2, 0.25) is 0 Å². The van der Waals surface area contributed by atoms with Crippen molar-refractivity contribution in [2.24, 2.45) is 0 Å². The SMILES string of the molecule is CC.Cc1ccc(/C=C/c2nc3cc4sc(Oc5nc6cc7sc(/C=C/c8ccc(C)cc8)nc7cc6s5)nc4cc3s2)cc1. The van der Waals surface area contributed by atoms with Crippen LogP contribution in [0, 0.1) is 13.8 Å². The van der Waals surface area contributed by atoms with Crippen LogP contribution < -0.4 is 4.74 Å². The zero-order valence-electron chi connectivity index (χ0n) is 25.1. The van der Waals surface area contributed by atoms with E-state index in [4.69, 9.17) is 24.7 Å². The number of thiazole rings is 4. The van der Waals surface area contributed by atoms with Crippen LogP contribution in [0.5, 0.6) is 10.4 Å². The van der Waals surface area contributed by atoms with E-state index in [1.807, 2.05) is 13.8 Å². The molecular formula is C36H28N4OS4. The number of aryl methyl sites for hydroxylation is 2. The van der Waals surface area contributed by atoms with Crippen molar-refractivity contribution in [2.45, 2.75) is 27.7 Å². The number of hydrogen-bond acceptors (Lipinski definition) is 9. The molecule has 0 bridgehead atoms. The van der Waals surface area contributed by atoms with E-state index in [-0.39, 0.29) is 0 Å². The molecule has 0 aliphatic rings. The lowest BCUT2D eigenvalue weighted by Gasteiger charge is -1.93. The summed E-state index contributed by atoms with van der Waals surface area (Å²) in [5.41, 5.74) is 8.58. The van der Waals surface area contributed by atoms with Gasteiger partial charge in [-0.3, -0.25) is 0 Å². The second kappa shape index (κ2) is 12.6. The van der Waals surface area contributed by atoms with Crippen LogP contribution in [-0.2, 0) is 0 Å². The van der Waals surface area contributed by atoms with Crippen molar-refractivity contribution in [3.63, 3.8) is 0 Å². The van der Waals surface area contributed by atoms with Crippen LogP contribution in [-0.4, -0.2) is 19.9 Å². The fourth-order valence-corrected chi connectivity index (χ4v) is 8.17. The Bertz CT molecular complexity index is 2070. The molecule has 0 amide bonds. The molecular weight excluding hydrogens is 633 g/mol. The minimum absolute atomic E-state index is 0.578. The first-order valence-corrected chi connectivity index (χ1v) is 17.9. The molecule has 8 aromatic rings. The monoisotopic (exact) mass is 660 g/mol. The van der Waals surface area contributed by atoms with Gasteiger partial charge in [-0.2, -0.15) is 0 Å². The minimum atomic E-state index is 0.578. The predicted octanol–water partition coefficient (Wildman–Crippen LogP) is 11.9. The highest BCUT2D eigenvalue weighted by Gasteiger charge is 2.14. The standard InChI is InChI=1S/C34H22N4OS4.C2H6/c1-19-3-7-21(8-4-19)11-13-31-35-23-15-29-25(17-27(23)40-31)37-33(42-29)39-34-38-26-18-28-24(16-30(26)43-34)36-32(41-28)14-12-22-9-5-20(2)6-10-22;1-2/h3-18H,1-2H3;1-2H3/b13-11+,14-12+;. The van der Waals surface area contributed by atoms with Gasteiger partial charge in [-0.25, -0.2) is 19.9 Å². The molecule has 4 aromatic carbocycles. The molecule has 9 heteroatoms. The van der Waals surface area contributed by atoms with Gasteiger partial charge >= 0.3 is 0 Å². The summed E-state index contributed by atoms with van der Waals surface area (Å²) in [6.07, 6.45) is 8.34. The Kier molecular flexibility index (Phi) is 8.25. The second-order valence-electron chi connectivity index (χ2n) is 10.2. The van der Waals surface area contributed by atoms with Crippen molar-refractivity contribution in [2.75, 3.05) is 0 Å². The molecule has 4 aromatic heterocycles. The van der Waals surface area contributed by atoms with Gasteiger partial charge in [-0.15, -0.1) is 22.7 Å². The summed E-state index contributed by atoms with van der Waals surface area (Å²) in [5.74, 6) is 0. The third kappa shape index (κ3) is 6.43. The molecule has 0 fully saturated rings. The summed E-state index contributed by atoms with van der Waals surface area (Å²) in [6.45, 7) is 8.19. The molecule has 222 valence electrons. The Hall–Kier alpha value is -4.28. The number of hydrogen-bond donors (Lipinski definition) is 0. The summed E-state index contributed by atoms with van der Waals surface area (Å²) >= 11 is 6.35. The molecule has 5 nitrogen and oxygen atoms in total. The third-order valence-corrected chi connectivity index (χ3v) is 10.7. The van der Waals surface area contributed by atoms with E-state index in [1.165, 1.54) is 33.8 Å². The number of aromatic nitrogens is 4. The number of rotatable bonds is 6. The van der Waals surface area contributed by atoms with E-state index in [0.29, 0.717) is 10.4 Å². The molecule has 0 aliphatic carbocycles. The Labute approximate surface area is 276 Å². The second-order valence-corrected chi connectivity index (χ2v) is 14.3. The molecule has 0 spiro atoms. The Balaban J connectivity index is 0.00000160. The molecule has 4 heterocycles. The molecule has 0 saturated carbocycles. The van der Waals surface area contributed by atoms with Crippen LogP contribution >= 0.6 is 45.3 Å². The first-order valence-electron chi connectivity index (χ1n) is 14.6. The summed E-state index contributed by atoms with van der Waals surface area (Å²) in [7, 11) is 0. The van der Waals surface area contributed by atoms with Crippen LogP contribution in [0.25, 0.3) is 65.2 Å². The maximum absolute atomic E-state index is 6.15. The summed E-state index contributed by atoms with van der Waals surface area (Å²) in [6, 6.07) is 25.3. The first kappa shape index (κ1) is 29.4. The quantitative estimate of drug-likeness (QED) is 0.178. The van der Waals surface area contributed by atoms with Crippen molar-refractivity contribution in [1.82, 2.24) is 19.9 Å². The lowest BCUT2D eigenvalue weighted by Crippen LogP contribution is -1.80. The normalized spacial score (nSPS) is 11.8. The van der Waals surface area contributed by atoms with Gasteiger partial charge in [0.2, 0.25) is 0 Å². The summed E-state index contributed by atoms with van der Waals surface area (Å²) in [5, 5.41) is 3.11. The smallest absolute Gasteiger partial charge is 0.281 e. The van der Waals surface area contributed by atoms with E-state index < -0.39 is 0 Å². The van der Waals surface area contributed by atoms with Crippen molar-refractivity contribution >= 4 is 111 Å². The van der Waals surface area contributed by atoms with Gasteiger partial charge in [-0.05, 0) is 61.4 Å². The lowest BCUT2D eigenvalue weighted by atomic mass is 10.1. The summed E-state index contributed by atoms with van der Waals surface area (Å²) in [4.78, 5) is 19.2. The molecule has 45 heavy (non-hydrogen) atoms. The van der Waals surface area contributed by atoms with Gasteiger partial charge in [0.1, 0.15) is 10.0 Å². The molecule has 0 N–H and O–H groups in total. The zero-order chi connectivity index (χ0) is 30.9. The maximum Gasteiger partial charge on any atom is 0.281 e. The molecule has 0 saturated heterocycles. The number of nitrogens with zero attached hydrogens (tertiary/aromatic N) is 4. The molecule has 0 radical (unpaired) electrons. The van der Waals surface area contributed by atoms with Crippen molar-refractivity contribution in [3.8, 4) is 10.4 Å². The van der Waals surface area contributed by atoms with Gasteiger partial charge in [-0.1, -0.05) is 108 Å². The largest absolute Gasteiger partial charge is 0.402 e. The minimum Gasteiger partial charge on any atom is -0.402 e. The van der Waals surface area contributed by atoms with Crippen LogP contribution in [0.1, 0.15) is 46.1 Å². The van der Waals surface area contributed by atoms with Crippen molar-refractivity contribution in [3.05, 3.63) is 105 Å². The molecule has 0 aliphatic heterocycles. The molecule has 0 atom stereocenters. The Morgan fingerprint density at radius 1 is 0.467 bits per heavy atom. The third-order valence-electron chi connectivity index (χ3n) is 6.96. The van der Waals surface area contributed by atoms with Crippen LogP contribution in [0.15, 0.2) is 72.8 Å². The van der Waals surface area contributed by atoms with Gasteiger partial charge < -0.3 is 4.74 Å². The van der Waals surface area contributed by atoms with Crippen molar-refractivity contribution < 1.29 is 4.74 Å². The van der Waals surface area contributed by atoms with Gasteiger partial charge in [0.15, 0.2) is 0 Å². The van der Waals surface area contributed by atoms with Crippen LogP contribution in [0.3, 0.4) is 0 Å². The van der Waals surface area contributed by atoms with Gasteiger partial charge in [0.25, 0.3) is 10.4 Å². The Morgan fingerprint density at radius 2 is 0.822 bits per heavy atom. The lowest BCUT2D eigenvalue weighted by molar-refractivity contribution is 0.478. The molecule has 8 rings (SSSR count). The average molecular weight is 661 g/mol. The fourth-order valence-electron chi connectivity index (χ4n) is 4.69. The van der Waals surface area contributed by atoms with E-state index in [2.05, 4.69) is 111 Å². The summed E-state index contributed by atoms with van der Waals surface area (Å²) < 4.78 is 10.4. The first-order chi connectivity index (χ1) is 22.0. The fraction of sp³-hybridized carbons (Fsp3) is 0.111. The van der Waals surface area contributed by atoms with E-state index in [0.717, 1.165) is 62.0 Å². The van der Waals surface area contributed by atoms with Crippen LogP contribution in [0.4, 0.5) is 0 Å². The van der Waals surface area contributed by atoms with E-state index in [9.17, 15) is 0 Å². The highest BCUT2D eigenvalue weighted by molar-refractivity contribution is 7.22. The van der Waals surface area contributed by atoms with E-state index >= 15 is 0 Å². The highest BCUT2D eigenvalue weighted by Crippen LogP contribution is 2.39. The number of fused-ring (bicyclic) bond motifs is 4. The number of benzene rings is 4. The highest BCUT2D eigenvalue weighted by atomic mass is 32.1. The topological polar surface area (TPSA) is 60.8 Å². The average Bonchev–Trinajstić information content (AvgIpc) is 3.82. The van der Waals surface area contributed by atoms with Gasteiger partial charge in [0, 0.05) is 0 Å². The Morgan fingerprint density at radius 3 is 1.22 bits per heavy atom. The number of ether oxygens (including phenoxy) is 1. The maximum atomic E-state index is 6.15. The predicted molar refractivity (Wildman–Crippen MR) is 197 cm³/mol. The van der Waals surface area contributed by atoms with Crippen molar-refractivity contribution in [1.29, 1.82) is 0 Å².